The molecular weight excluding hydrogens is 298 g/mol. The molecule has 0 aliphatic heterocycles. The van der Waals surface area contributed by atoms with E-state index in [-0.39, 0.29) is 12.2 Å². The first kappa shape index (κ1) is 14.4. The van der Waals surface area contributed by atoms with Crippen molar-refractivity contribution >= 4 is 23.1 Å². The van der Waals surface area contributed by atoms with Crippen molar-refractivity contribution < 1.29 is 4.79 Å². The standard InChI is InChI=1S/C17H14ClN3O/c18-13-8-6-12(7-9-13)16-15(19)17(21-20-16)14(22)10-11-4-2-1-3-5-11/h1-9H,10,19H2,(H,20,21). The monoisotopic (exact) mass is 311 g/mol. The van der Waals surface area contributed by atoms with Gasteiger partial charge in [-0.05, 0) is 17.7 Å². The SMILES string of the molecule is Nc1c(-c2ccc(Cl)cc2)n[nH]c1C(=O)Cc1ccccc1. The van der Waals surface area contributed by atoms with Gasteiger partial charge in [0.05, 0.1) is 5.69 Å². The summed E-state index contributed by atoms with van der Waals surface area (Å²) in [6.07, 6.45) is 0.285. The molecule has 1 heterocycles. The Kier molecular flexibility index (Phi) is 3.94. The van der Waals surface area contributed by atoms with E-state index in [4.69, 9.17) is 17.3 Å². The highest BCUT2D eigenvalue weighted by Gasteiger charge is 2.18. The average molecular weight is 312 g/mol. The van der Waals surface area contributed by atoms with Crippen molar-refractivity contribution in [3.05, 3.63) is 70.9 Å². The number of hydrogen-bond acceptors (Lipinski definition) is 3. The minimum absolute atomic E-state index is 0.0867. The summed E-state index contributed by atoms with van der Waals surface area (Å²) >= 11 is 5.87. The van der Waals surface area contributed by atoms with E-state index in [9.17, 15) is 4.79 Å². The molecule has 0 saturated heterocycles. The molecular formula is C17H14ClN3O. The highest BCUT2D eigenvalue weighted by molar-refractivity contribution is 6.30. The molecule has 0 aliphatic rings. The van der Waals surface area contributed by atoms with Gasteiger partial charge >= 0.3 is 0 Å². The van der Waals surface area contributed by atoms with Gasteiger partial charge < -0.3 is 5.73 Å². The first-order valence-corrected chi connectivity index (χ1v) is 7.20. The lowest BCUT2D eigenvalue weighted by atomic mass is 10.0. The Labute approximate surface area is 132 Å². The quantitative estimate of drug-likeness (QED) is 0.721. The summed E-state index contributed by atoms with van der Waals surface area (Å²) in [5.74, 6) is -0.0867. The number of nitrogen functional groups attached to an aromatic ring is 1. The van der Waals surface area contributed by atoms with Crippen molar-refractivity contribution in [1.29, 1.82) is 0 Å². The molecule has 3 N–H and O–H groups in total. The fourth-order valence-corrected chi connectivity index (χ4v) is 2.39. The van der Waals surface area contributed by atoms with E-state index >= 15 is 0 Å². The lowest BCUT2D eigenvalue weighted by molar-refractivity contribution is 0.0989. The van der Waals surface area contributed by atoms with Crippen molar-refractivity contribution in [3.8, 4) is 11.3 Å². The van der Waals surface area contributed by atoms with E-state index in [0.29, 0.717) is 22.1 Å². The number of hydrogen-bond donors (Lipinski definition) is 2. The molecule has 0 saturated carbocycles. The Morgan fingerprint density at radius 3 is 2.45 bits per heavy atom. The normalized spacial score (nSPS) is 10.6. The largest absolute Gasteiger partial charge is 0.395 e. The van der Waals surface area contributed by atoms with Gasteiger partial charge in [-0.15, -0.1) is 0 Å². The maximum atomic E-state index is 12.4. The van der Waals surface area contributed by atoms with Gasteiger partial charge in [-0.25, -0.2) is 0 Å². The van der Waals surface area contributed by atoms with Gasteiger partial charge in [0.15, 0.2) is 5.78 Å². The van der Waals surface area contributed by atoms with Crippen molar-refractivity contribution in [2.75, 3.05) is 5.73 Å². The number of nitrogens with one attached hydrogen (secondary N) is 1. The lowest BCUT2D eigenvalue weighted by Crippen LogP contribution is -2.06. The number of H-pyrrole nitrogens is 1. The summed E-state index contributed by atoms with van der Waals surface area (Å²) in [7, 11) is 0. The van der Waals surface area contributed by atoms with Gasteiger partial charge in [0.25, 0.3) is 0 Å². The van der Waals surface area contributed by atoms with Crippen LogP contribution in [0, 0.1) is 0 Å². The minimum atomic E-state index is -0.0867. The summed E-state index contributed by atoms with van der Waals surface area (Å²) in [5.41, 5.74) is 9.11. The third kappa shape index (κ3) is 2.87. The van der Waals surface area contributed by atoms with E-state index in [0.717, 1.165) is 11.1 Å². The smallest absolute Gasteiger partial charge is 0.187 e. The summed E-state index contributed by atoms with van der Waals surface area (Å²) in [4.78, 5) is 12.4. The zero-order valence-electron chi connectivity index (χ0n) is 11.7. The second kappa shape index (κ2) is 6.03. The molecule has 22 heavy (non-hydrogen) atoms. The molecule has 0 fully saturated rings. The number of Topliss-reactive ketones (excluding diaryl/α,β-unsaturated/α-hetero) is 1. The number of nitrogens with two attached hydrogens (primary N) is 1. The van der Waals surface area contributed by atoms with Crippen LogP contribution in [0.15, 0.2) is 54.6 Å². The van der Waals surface area contributed by atoms with Crippen LogP contribution in [0.1, 0.15) is 16.1 Å². The molecule has 0 amide bonds. The number of anilines is 1. The second-order valence-electron chi connectivity index (χ2n) is 4.95. The van der Waals surface area contributed by atoms with Crippen LogP contribution in [-0.2, 0) is 6.42 Å². The average Bonchev–Trinajstić information content (AvgIpc) is 2.91. The van der Waals surface area contributed by atoms with E-state index in [1.54, 1.807) is 12.1 Å². The number of ketones is 1. The van der Waals surface area contributed by atoms with Crippen LogP contribution in [0.25, 0.3) is 11.3 Å². The van der Waals surface area contributed by atoms with Crippen LogP contribution in [0.3, 0.4) is 0 Å². The Hall–Kier alpha value is -2.59. The predicted octanol–water partition coefficient (Wildman–Crippen LogP) is 3.74. The van der Waals surface area contributed by atoms with E-state index in [1.807, 2.05) is 42.5 Å². The lowest BCUT2D eigenvalue weighted by Gasteiger charge is -2.01. The molecule has 5 heteroatoms. The maximum absolute atomic E-state index is 12.4. The van der Waals surface area contributed by atoms with E-state index in [1.165, 1.54) is 0 Å². The van der Waals surface area contributed by atoms with Crippen LogP contribution in [0.2, 0.25) is 5.02 Å². The van der Waals surface area contributed by atoms with Gasteiger partial charge in [0.1, 0.15) is 11.4 Å². The van der Waals surface area contributed by atoms with Crippen LogP contribution in [0.4, 0.5) is 5.69 Å². The topological polar surface area (TPSA) is 71.8 Å². The predicted molar refractivity (Wildman–Crippen MR) is 87.9 cm³/mol. The third-order valence-electron chi connectivity index (χ3n) is 3.41. The van der Waals surface area contributed by atoms with Crippen LogP contribution >= 0.6 is 11.6 Å². The van der Waals surface area contributed by atoms with Crippen molar-refractivity contribution in [2.24, 2.45) is 0 Å². The number of benzene rings is 2. The third-order valence-corrected chi connectivity index (χ3v) is 3.66. The number of halogens is 1. The van der Waals surface area contributed by atoms with Crippen molar-refractivity contribution in [3.63, 3.8) is 0 Å². The van der Waals surface area contributed by atoms with E-state index in [2.05, 4.69) is 10.2 Å². The minimum Gasteiger partial charge on any atom is -0.395 e. The van der Waals surface area contributed by atoms with Crippen molar-refractivity contribution in [1.82, 2.24) is 10.2 Å². The first-order chi connectivity index (χ1) is 10.6. The molecule has 0 unspecified atom stereocenters. The van der Waals surface area contributed by atoms with Gasteiger partial charge in [-0.3, -0.25) is 9.89 Å². The summed E-state index contributed by atoms with van der Waals surface area (Å²) < 4.78 is 0. The fraction of sp³-hybridized carbons (Fsp3) is 0.0588. The Balaban J connectivity index is 1.87. The Morgan fingerprint density at radius 1 is 1.09 bits per heavy atom. The zero-order chi connectivity index (χ0) is 15.5. The fourth-order valence-electron chi connectivity index (χ4n) is 2.26. The first-order valence-electron chi connectivity index (χ1n) is 6.82. The maximum Gasteiger partial charge on any atom is 0.187 e. The van der Waals surface area contributed by atoms with Gasteiger partial charge in [-0.1, -0.05) is 54.1 Å². The zero-order valence-corrected chi connectivity index (χ0v) is 12.5. The summed E-state index contributed by atoms with van der Waals surface area (Å²) in [5, 5.41) is 7.55. The Morgan fingerprint density at radius 2 is 1.77 bits per heavy atom. The number of nitrogens with zero attached hydrogens (tertiary/aromatic N) is 1. The van der Waals surface area contributed by atoms with Crippen LogP contribution in [0.5, 0.6) is 0 Å². The molecule has 110 valence electrons. The Bertz CT molecular complexity index is 795. The molecule has 3 aromatic rings. The number of carbonyl (C=O) groups excluding carboxylic acids is 1. The van der Waals surface area contributed by atoms with Crippen molar-refractivity contribution in [2.45, 2.75) is 6.42 Å². The molecule has 0 atom stereocenters. The molecule has 0 aliphatic carbocycles. The van der Waals surface area contributed by atoms with Crippen LogP contribution < -0.4 is 5.73 Å². The number of aromatic nitrogens is 2. The molecule has 0 spiro atoms. The summed E-state index contributed by atoms with van der Waals surface area (Å²) in [6.45, 7) is 0. The van der Waals surface area contributed by atoms with Crippen LogP contribution in [-0.4, -0.2) is 16.0 Å². The van der Waals surface area contributed by atoms with Gasteiger partial charge in [0, 0.05) is 17.0 Å². The molecule has 4 nitrogen and oxygen atoms in total. The number of rotatable bonds is 4. The van der Waals surface area contributed by atoms with Gasteiger partial charge in [0.2, 0.25) is 0 Å². The molecule has 2 aromatic carbocycles. The molecule has 0 radical (unpaired) electrons. The van der Waals surface area contributed by atoms with E-state index < -0.39 is 0 Å². The molecule has 1 aromatic heterocycles. The molecule has 3 rings (SSSR count). The number of aromatic amines is 1. The van der Waals surface area contributed by atoms with Gasteiger partial charge in [-0.2, -0.15) is 5.10 Å². The molecule has 0 bridgehead atoms. The second-order valence-corrected chi connectivity index (χ2v) is 5.39. The highest BCUT2D eigenvalue weighted by Crippen LogP contribution is 2.27. The number of carbonyl (C=O) groups is 1. The highest BCUT2D eigenvalue weighted by atomic mass is 35.5. The summed E-state index contributed by atoms with van der Waals surface area (Å²) in [6, 6.07) is 16.7.